The molecule has 0 saturated heterocycles. The Balaban J connectivity index is 2.49. The van der Waals surface area contributed by atoms with Crippen LogP contribution in [0.2, 0.25) is 0 Å². The average molecular weight is 823 g/mol. The number of aliphatic hydroxyl groups is 5. The van der Waals surface area contributed by atoms with Gasteiger partial charge in [0.15, 0.2) is 6.10 Å². The van der Waals surface area contributed by atoms with Crippen LogP contribution in [0.4, 0.5) is 0 Å². The van der Waals surface area contributed by atoms with Gasteiger partial charge in [0.2, 0.25) is 0 Å². The highest BCUT2D eigenvalue weighted by atomic mass is 31.2. The molecule has 0 heterocycles. The van der Waals surface area contributed by atoms with Crippen molar-refractivity contribution in [2.45, 2.75) is 230 Å². The molecule has 0 aliphatic heterocycles. The third-order valence-corrected chi connectivity index (χ3v) is 11.3. The molecule has 13 nitrogen and oxygen atoms in total. The molecule has 56 heavy (non-hydrogen) atoms. The number of phosphoric acid groups is 1. The fourth-order valence-corrected chi connectivity index (χ4v) is 7.73. The molecule has 1 rings (SSSR count). The molecule has 0 aromatic heterocycles. The summed E-state index contributed by atoms with van der Waals surface area (Å²) in [4.78, 5) is 35.6. The van der Waals surface area contributed by atoms with Crippen molar-refractivity contribution in [3.05, 3.63) is 12.2 Å². The van der Waals surface area contributed by atoms with Crippen LogP contribution in [0, 0.1) is 0 Å². The van der Waals surface area contributed by atoms with E-state index in [4.69, 9.17) is 18.5 Å². The van der Waals surface area contributed by atoms with Crippen molar-refractivity contribution in [3.8, 4) is 0 Å². The molecule has 6 unspecified atom stereocenters. The molecule has 330 valence electrons. The first-order valence-corrected chi connectivity index (χ1v) is 23.5. The Morgan fingerprint density at radius 1 is 0.536 bits per heavy atom. The lowest BCUT2D eigenvalue weighted by Gasteiger charge is -2.41. The highest BCUT2D eigenvalue weighted by Crippen LogP contribution is 2.47. The smallest absolute Gasteiger partial charge is 0.462 e. The van der Waals surface area contributed by atoms with Crippen molar-refractivity contribution < 1.29 is 63.1 Å². The molecule has 0 aromatic carbocycles. The van der Waals surface area contributed by atoms with Gasteiger partial charge in [-0.3, -0.25) is 18.6 Å². The third-order valence-electron chi connectivity index (χ3n) is 10.4. The summed E-state index contributed by atoms with van der Waals surface area (Å²) < 4.78 is 33.4. The predicted molar refractivity (Wildman–Crippen MR) is 217 cm³/mol. The lowest BCUT2D eigenvalue weighted by Crippen LogP contribution is -2.64. The molecule has 0 spiro atoms. The largest absolute Gasteiger partial charge is 0.472 e. The Hall–Kier alpha value is -1.41. The Morgan fingerprint density at radius 3 is 1.36 bits per heavy atom. The van der Waals surface area contributed by atoms with E-state index >= 15 is 0 Å². The molecule has 0 aromatic rings. The fourth-order valence-electron chi connectivity index (χ4n) is 6.75. The highest BCUT2D eigenvalue weighted by molar-refractivity contribution is 7.47. The van der Waals surface area contributed by atoms with Gasteiger partial charge in [-0.1, -0.05) is 148 Å². The maximum atomic E-state index is 12.8. The quantitative estimate of drug-likeness (QED) is 0.0154. The van der Waals surface area contributed by atoms with E-state index in [9.17, 15) is 44.6 Å². The molecule has 0 amide bonds. The molecule has 0 bridgehead atoms. The van der Waals surface area contributed by atoms with Gasteiger partial charge >= 0.3 is 19.8 Å². The van der Waals surface area contributed by atoms with E-state index in [1.165, 1.54) is 89.9 Å². The van der Waals surface area contributed by atoms with Crippen LogP contribution in [-0.2, 0) is 32.7 Å². The van der Waals surface area contributed by atoms with Crippen molar-refractivity contribution in [2.75, 3.05) is 13.2 Å². The number of hydrogen-bond acceptors (Lipinski definition) is 12. The van der Waals surface area contributed by atoms with Gasteiger partial charge in [-0.05, 0) is 38.5 Å². The first kappa shape index (κ1) is 52.6. The molecule has 1 saturated carbocycles. The number of allylic oxidation sites excluding steroid dienone is 2. The third kappa shape index (κ3) is 25.8. The first-order valence-electron chi connectivity index (χ1n) is 22.0. The van der Waals surface area contributed by atoms with Crippen LogP contribution in [0.5, 0.6) is 0 Å². The zero-order chi connectivity index (χ0) is 41.4. The van der Waals surface area contributed by atoms with E-state index in [0.29, 0.717) is 12.8 Å². The molecule has 1 fully saturated rings. The van der Waals surface area contributed by atoms with Gasteiger partial charge in [0.1, 0.15) is 43.2 Å². The number of phosphoric ester groups is 1. The van der Waals surface area contributed by atoms with Crippen LogP contribution in [-0.4, -0.2) is 98.3 Å². The molecule has 1 aliphatic rings. The zero-order valence-electron chi connectivity index (χ0n) is 34.7. The topological polar surface area (TPSA) is 210 Å². The number of rotatable bonds is 36. The van der Waals surface area contributed by atoms with E-state index in [0.717, 1.165) is 57.8 Å². The summed E-state index contributed by atoms with van der Waals surface area (Å²) in [5.74, 6) is -1.10. The van der Waals surface area contributed by atoms with Crippen molar-refractivity contribution in [2.24, 2.45) is 0 Å². The SMILES string of the molecule is CCCCCCC/C=C\CCCCCCCC(=O)O[C@H](COC(=O)CCCCCCCCCCCCCCC)COP(=O)(O)OC1C(O)C(O)C(O)[C@@H](O)C1O. The molecule has 0 radical (unpaired) electrons. The monoisotopic (exact) mass is 823 g/mol. The van der Waals surface area contributed by atoms with Crippen molar-refractivity contribution in [1.29, 1.82) is 0 Å². The van der Waals surface area contributed by atoms with Crippen LogP contribution in [0.25, 0.3) is 0 Å². The highest BCUT2D eigenvalue weighted by Gasteiger charge is 2.51. The summed E-state index contributed by atoms with van der Waals surface area (Å²) in [7, 11) is -5.11. The molecule has 14 heteroatoms. The van der Waals surface area contributed by atoms with Gasteiger partial charge in [-0.15, -0.1) is 0 Å². The lowest BCUT2D eigenvalue weighted by molar-refractivity contribution is -0.220. The lowest BCUT2D eigenvalue weighted by atomic mass is 9.85. The van der Waals surface area contributed by atoms with Crippen LogP contribution in [0.3, 0.4) is 0 Å². The number of carbonyl (C=O) groups is 2. The van der Waals surface area contributed by atoms with Gasteiger partial charge in [0.05, 0.1) is 6.61 Å². The second-order valence-corrected chi connectivity index (χ2v) is 17.0. The van der Waals surface area contributed by atoms with E-state index in [1.54, 1.807) is 0 Å². The number of unbranched alkanes of at least 4 members (excludes halogenated alkanes) is 22. The number of ether oxygens (including phenoxy) is 2. The number of carbonyl (C=O) groups excluding carboxylic acids is 2. The maximum Gasteiger partial charge on any atom is 0.472 e. The minimum Gasteiger partial charge on any atom is -0.462 e. The van der Waals surface area contributed by atoms with Crippen molar-refractivity contribution in [3.63, 3.8) is 0 Å². The summed E-state index contributed by atoms with van der Waals surface area (Å²) in [5.41, 5.74) is 0. The van der Waals surface area contributed by atoms with Crippen LogP contribution < -0.4 is 0 Å². The molecule has 1 aliphatic carbocycles. The zero-order valence-corrected chi connectivity index (χ0v) is 35.6. The molecular weight excluding hydrogens is 743 g/mol. The van der Waals surface area contributed by atoms with E-state index in [2.05, 4.69) is 26.0 Å². The number of aliphatic hydroxyl groups excluding tert-OH is 5. The van der Waals surface area contributed by atoms with Gasteiger partial charge in [-0.2, -0.15) is 0 Å². The summed E-state index contributed by atoms with van der Waals surface area (Å²) in [5, 5.41) is 50.0. The molecular formula is C42H79O13P. The Kier molecular flexibility index (Phi) is 31.4. The Morgan fingerprint density at radius 2 is 0.911 bits per heavy atom. The molecule has 6 N–H and O–H groups in total. The predicted octanol–water partition coefficient (Wildman–Crippen LogP) is 7.89. The Labute approximate surface area is 337 Å². The van der Waals surface area contributed by atoms with Gasteiger partial charge in [-0.25, -0.2) is 4.57 Å². The average Bonchev–Trinajstić information content (AvgIpc) is 3.18. The van der Waals surface area contributed by atoms with E-state index < -0.39 is 75.7 Å². The number of esters is 2. The Bertz CT molecular complexity index is 1040. The first-order chi connectivity index (χ1) is 26.9. The summed E-state index contributed by atoms with van der Waals surface area (Å²) >= 11 is 0. The second kappa shape index (κ2) is 33.4. The van der Waals surface area contributed by atoms with Crippen molar-refractivity contribution >= 4 is 19.8 Å². The van der Waals surface area contributed by atoms with Crippen LogP contribution in [0.15, 0.2) is 12.2 Å². The normalized spacial score (nSPS) is 22.9. The van der Waals surface area contributed by atoms with Crippen LogP contribution >= 0.6 is 7.82 Å². The van der Waals surface area contributed by atoms with E-state index in [1.807, 2.05) is 0 Å². The summed E-state index contributed by atoms with van der Waals surface area (Å²) in [6, 6.07) is 0. The maximum absolute atomic E-state index is 12.8. The standard InChI is InChI=1S/C42H79O13P/c1-3-5-7-9-11-13-15-17-19-21-23-25-27-29-31-36(44)54-34(33-53-56(50,51)55-42-40(48)38(46)37(45)39(47)41(42)49)32-52-35(43)30-28-26-24-22-20-18-16-14-12-10-8-6-4-2/h15,17,34,37-42,45-49H,3-14,16,18-33H2,1-2H3,(H,50,51)/b17-15-/t34-,37?,38-,39?,40?,41?,42?/m1/s1. The van der Waals surface area contributed by atoms with Crippen LogP contribution in [0.1, 0.15) is 187 Å². The summed E-state index contributed by atoms with van der Waals surface area (Å²) in [6.45, 7) is 3.28. The van der Waals surface area contributed by atoms with Gasteiger partial charge < -0.3 is 39.9 Å². The second-order valence-electron chi connectivity index (χ2n) is 15.6. The number of hydrogen-bond donors (Lipinski definition) is 6. The summed E-state index contributed by atoms with van der Waals surface area (Å²) in [6.07, 6.45) is 19.8. The molecule has 8 atom stereocenters. The fraction of sp³-hybridized carbons (Fsp3) is 0.905. The minimum atomic E-state index is -5.11. The van der Waals surface area contributed by atoms with Crippen molar-refractivity contribution in [1.82, 2.24) is 0 Å². The van der Waals surface area contributed by atoms with Gasteiger partial charge in [0.25, 0.3) is 0 Å². The van der Waals surface area contributed by atoms with Gasteiger partial charge in [0, 0.05) is 12.8 Å². The van der Waals surface area contributed by atoms with E-state index in [-0.39, 0.29) is 12.8 Å². The minimum absolute atomic E-state index is 0.0905.